The van der Waals surface area contributed by atoms with Gasteiger partial charge in [0.2, 0.25) is 0 Å². The van der Waals surface area contributed by atoms with E-state index in [1.54, 1.807) is 23.1 Å². The van der Waals surface area contributed by atoms with Crippen LogP contribution in [-0.2, 0) is 20.7 Å². The summed E-state index contributed by atoms with van der Waals surface area (Å²) < 4.78 is 11.3. The Kier molecular flexibility index (Phi) is 8.67. The summed E-state index contributed by atoms with van der Waals surface area (Å²) in [5.74, 6) is -0.641. The SMILES string of the molecule is CCc1ccc([C@@H]2/C(=C(\O)c3ccc(OC(C)C)c(C)c3)C(=O)C(=O)N2CCCN2CCOCC2)cc1. The zero-order valence-corrected chi connectivity index (χ0v) is 22.3. The van der Waals surface area contributed by atoms with Gasteiger partial charge in [0, 0.05) is 31.7 Å². The lowest BCUT2D eigenvalue weighted by atomic mass is 9.94. The van der Waals surface area contributed by atoms with Crippen LogP contribution in [0, 0.1) is 6.92 Å². The van der Waals surface area contributed by atoms with Gasteiger partial charge in [-0.15, -0.1) is 0 Å². The third kappa shape index (κ3) is 6.05. The zero-order valence-electron chi connectivity index (χ0n) is 22.3. The maximum Gasteiger partial charge on any atom is 0.295 e. The summed E-state index contributed by atoms with van der Waals surface area (Å²) in [6.07, 6.45) is 1.65. The highest BCUT2D eigenvalue weighted by Crippen LogP contribution is 2.40. The number of aliphatic hydroxyl groups is 1. The number of Topliss-reactive ketones (excluding diaryl/α,β-unsaturated/α-hetero) is 1. The number of carbonyl (C=O) groups is 2. The van der Waals surface area contributed by atoms with E-state index in [4.69, 9.17) is 9.47 Å². The number of likely N-dealkylation sites (tertiary alicyclic amines) is 1. The average molecular weight is 507 g/mol. The number of ketones is 1. The Hall–Kier alpha value is -3.16. The van der Waals surface area contributed by atoms with Crippen molar-refractivity contribution in [2.24, 2.45) is 0 Å². The summed E-state index contributed by atoms with van der Waals surface area (Å²) in [5.41, 5.74) is 3.47. The highest BCUT2D eigenvalue weighted by atomic mass is 16.5. The molecule has 2 aliphatic heterocycles. The van der Waals surface area contributed by atoms with Gasteiger partial charge in [-0.2, -0.15) is 0 Å². The first-order chi connectivity index (χ1) is 17.8. The van der Waals surface area contributed by atoms with Crippen molar-refractivity contribution in [1.82, 2.24) is 9.80 Å². The van der Waals surface area contributed by atoms with Crippen molar-refractivity contribution in [2.75, 3.05) is 39.4 Å². The van der Waals surface area contributed by atoms with E-state index in [2.05, 4.69) is 11.8 Å². The predicted molar refractivity (Wildman–Crippen MR) is 144 cm³/mol. The first kappa shape index (κ1) is 26.9. The van der Waals surface area contributed by atoms with Crippen molar-refractivity contribution in [3.05, 3.63) is 70.3 Å². The fourth-order valence-electron chi connectivity index (χ4n) is 5.02. The van der Waals surface area contributed by atoms with E-state index < -0.39 is 17.7 Å². The molecule has 0 saturated carbocycles. The Labute approximate surface area is 219 Å². The van der Waals surface area contributed by atoms with E-state index in [1.165, 1.54) is 5.56 Å². The van der Waals surface area contributed by atoms with Gasteiger partial charge in [-0.3, -0.25) is 14.5 Å². The lowest BCUT2D eigenvalue weighted by Gasteiger charge is -2.29. The quantitative estimate of drug-likeness (QED) is 0.307. The monoisotopic (exact) mass is 506 g/mol. The third-order valence-electron chi connectivity index (χ3n) is 7.03. The van der Waals surface area contributed by atoms with Crippen LogP contribution in [0.1, 0.15) is 55.5 Å². The van der Waals surface area contributed by atoms with E-state index in [0.717, 1.165) is 49.4 Å². The fraction of sp³-hybridized carbons (Fsp3) is 0.467. The average Bonchev–Trinajstić information content (AvgIpc) is 3.15. The molecule has 0 unspecified atom stereocenters. The second-order valence-electron chi connectivity index (χ2n) is 10.0. The highest BCUT2D eigenvalue weighted by Gasteiger charge is 2.45. The van der Waals surface area contributed by atoms with Crippen LogP contribution in [0.25, 0.3) is 5.76 Å². The molecule has 7 nitrogen and oxygen atoms in total. The van der Waals surface area contributed by atoms with Crippen LogP contribution in [0.2, 0.25) is 0 Å². The molecule has 2 heterocycles. The number of hydrogen-bond donors (Lipinski definition) is 1. The molecule has 2 aromatic carbocycles. The molecule has 2 aromatic rings. The van der Waals surface area contributed by atoms with Crippen LogP contribution < -0.4 is 4.74 Å². The molecule has 1 N–H and O–H groups in total. The molecule has 0 spiro atoms. The minimum Gasteiger partial charge on any atom is -0.507 e. The molecule has 4 rings (SSSR count). The molecule has 2 aliphatic rings. The zero-order chi connectivity index (χ0) is 26.5. The second kappa shape index (κ2) is 11.9. The summed E-state index contributed by atoms with van der Waals surface area (Å²) in [6, 6.07) is 12.7. The molecule has 1 amide bonds. The minimum absolute atomic E-state index is 0.0204. The number of benzene rings is 2. The van der Waals surface area contributed by atoms with Crippen molar-refractivity contribution in [3.8, 4) is 5.75 Å². The standard InChI is InChI=1S/C30H38N2O5/c1-5-22-7-9-23(10-8-22)27-26(28(33)24-11-12-25(21(4)19-24)37-20(2)3)29(34)30(35)32(27)14-6-13-31-15-17-36-18-16-31/h7-12,19-20,27,33H,5-6,13-18H2,1-4H3/b28-26+/t27-/m1/s1. The van der Waals surface area contributed by atoms with Crippen LogP contribution in [0.5, 0.6) is 5.75 Å². The molecular formula is C30H38N2O5. The van der Waals surface area contributed by atoms with Crippen molar-refractivity contribution in [1.29, 1.82) is 0 Å². The molecule has 7 heteroatoms. The number of ether oxygens (including phenoxy) is 2. The van der Waals surface area contributed by atoms with Crippen molar-refractivity contribution >= 4 is 17.4 Å². The van der Waals surface area contributed by atoms with E-state index in [9.17, 15) is 14.7 Å². The topological polar surface area (TPSA) is 79.3 Å². The molecule has 198 valence electrons. The molecule has 0 radical (unpaired) electrons. The first-order valence-electron chi connectivity index (χ1n) is 13.2. The number of aliphatic hydroxyl groups excluding tert-OH is 1. The Morgan fingerprint density at radius 2 is 1.78 bits per heavy atom. The number of amides is 1. The number of aryl methyl sites for hydroxylation is 2. The third-order valence-corrected chi connectivity index (χ3v) is 7.03. The molecule has 0 aromatic heterocycles. The van der Waals surface area contributed by atoms with Gasteiger partial charge >= 0.3 is 0 Å². The van der Waals surface area contributed by atoms with Crippen LogP contribution >= 0.6 is 0 Å². The summed E-state index contributed by atoms with van der Waals surface area (Å²) in [5, 5.41) is 11.4. The summed E-state index contributed by atoms with van der Waals surface area (Å²) in [7, 11) is 0. The lowest BCUT2D eigenvalue weighted by Crippen LogP contribution is -2.38. The molecule has 0 bridgehead atoms. The molecule has 37 heavy (non-hydrogen) atoms. The van der Waals surface area contributed by atoms with E-state index in [1.807, 2.05) is 45.0 Å². The van der Waals surface area contributed by atoms with Crippen LogP contribution in [0.4, 0.5) is 0 Å². The number of morpholine rings is 1. The fourth-order valence-corrected chi connectivity index (χ4v) is 5.02. The Balaban J connectivity index is 1.68. The van der Waals surface area contributed by atoms with E-state index >= 15 is 0 Å². The number of nitrogens with zero attached hydrogens (tertiary/aromatic N) is 2. The summed E-state index contributed by atoms with van der Waals surface area (Å²) >= 11 is 0. The van der Waals surface area contributed by atoms with Crippen LogP contribution in [-0.4, -0.2) is 72.1 Å². The Morgan fingerprint density at radius 1 is 1.08 bits per heavy atom. The molecule has 1 atom stereocenters. The molecule has 2 fully saturated rings. The second-order valence-corrected chi connectivity index (χ2v) is 10.0. The van der Waals surface area contributed by atoms with Gasteiger partial charge < -0.3 is 19.5 Å². The largest absolute Gasteiger partial charge is 0.507 e. The highest BCUT2D eigenvalue weighted by molar-refractivity contribution is 6.46. The minimum atomic E-state index is -0.645. The smallest absolute Gasteiger partial charge is 0.295 e. The summed E-state index contributed by atoms with van der Waals surface area (Å²) in [6.45, 7) is 12.3. The van der Waals surface area contributed by atoms with Crippen LogP contribution in [0.15, 0.2) is 48.0 Å². The van der Waals surface area contributed by atoms with Gasteiger partial charge in [0.05, 0.1) is 30.9 Å². The number of hydrogen-bond acceptors (Lipinski definition) is 6. The Morgan fingerprint density at radius 3 is 2.41 bits per heavy atom. The van der Waals surface area contributed by atoms with Gasteiger partial charge in [-0.1, -0.05) is 31.2 Å². The molecule has 0 aliphatic carbocycles. The maximum absolute atomic E-state index is 13.3. The van der Waals surface area contributed by atoms with Gasteiger partial charge in [0.15, 0.2) is 0 Å². The Bertz CT molecular complexity index is 1150. The van der Waals surface area contributed by atoms with Gasteiger partial charge in [0.25, 0.3) is 11.7 Å². The van der Waals surface area contributed by atoms with E-state index in [-0.39, 0.29) is 17.4 Å². The summed E-state index contributed by atoms with van der Waals surface area (Å²) in [4.78, 5) is 30.5. The van der Waals surface area contributed by atoms with Crippen molar-refractivity contribution < 1.29 is 24.2 Å². The van der Waals surface area contributed by atoms with Crippen molar-refractivity contribution in [3.63, 3.8) is 0 Å². The molecular weight excluding hydrogens is 468 g/mol. The normalized spacial score (nSPS) is 20.1. The number of rotatable bonds is 9. The predicted octanol–water partition coefficient (Wildman–Crippen LogP) is 4.49. The lowest BCUT2D eigenvalue weighted by molar-refractivity contribution is -0.140. The van der Waals surface area contributed by atoms with Crippen LogP contribution in [0.3, 0.4) is 0 Å². The number of carbonyl (C=O) groups excluding carboxylic acids is 2. The molecule has 2 saturated heterocycles. The van der Waals surface area contributed by atoms with Gasteiger partial charge in [-0.25, -0.2) is 0 Å². The maximum atomic E-state index is 13.3. The van der Waals surface area contributed by atoms with Crippen molar-refractivity contribution in [2.45, 2.75) is 52.7 Å². The van der Waals surface area contributed by atoms with E-state index in [0.29, 0.717) is 25.3 Å². The van der Waals surface area contributed by atoms with Gasteiger partial charge in [-0.05, 0) is 68.5 Å². The first-order valence-corrected chi connectivity index (χ1v) is 13.2. The van der Waals surface area contributed by atoms with Gasteiger partial charge in [0.1, 0.15) is 11.5 Å².